The SMILES string of the molecule is CCc1sc(-c2nnc(COC(=O)/C=C/c3nc4ccccc4o3)o2)cc1C. The normalized spacial score (nSPS) is 11.5. The summed E-state index contributed by atoms with van der Waals surface area (Å²) < 4.78 is 16.2. The summed E-state index contributed by atoms with van der Waals surface area (Å²) in [6.45, 7) is 4.06. The molecule has 0 unspecified atom stereocenters. The lowest BCUT2D eigenvalue weighted by Crippen LogP contribution is -2.00. The Morgan fingerprint density at radius 3 is 2.89 bits per heavy atom. The number of benzene rings is 1. The van der Waals surface area contributed by atoms with Gasteiger partial charge >= 0.3 is 5.97 Å². The van der Waals surface area contributed by atoms with Gasteiger partial charge in [0.1, 0.15) is 5.52 Å². The van der Waals surface area contributed by atoms with Crippen LogP contribution in [0.15, 0.2) is 45.2 Å². The van der Waals surface area contributed by atoms with Gasteiger partial charge in [0, 0.05) is 17.0 Å². The summed E-state index contributed by atoms with van der Waals surface area (Å²) in [6.07, 6.45) is 3.67. The van der Waals surface area contributed by atoms with Gasteiger partial charge in [-0.2, -0.15) is 0 Å². The van der Waals surface area contributed by atoms with E-state index in [1.165, 1.54) is 22.6 Å². The van der Waals surface area contributed by atoms with Crippen LogP contribution >= 0.6 is 11.3 Å². The predicted octanol–water partition coefficient (Wildman–Crippen LogP) is 4.57. The molecule has 3 aromatic heterocycles. The van der Waals surface area contributed by atoms with Crippen molar-refractivity contribution in [3.8, 4) is 10.8 Å². The summed E-state index contributed by atoms with van der Waals surface area (Å²) in [5.41, 5.74) is 2.59. The predicted molar refractivity (Wildman–Crippen MR) is 105 cm³/mol. The summed E-state index contributed by atoms with van der Waals surface area (Å²) in [7, 11) is 0. The Hall–Kier alpha value is -3.26. The van der Waals surface area contributed by atoms with Crippen LogP contribution in [-0.4, -0.2) is 21.2 Å². The van der Waals surface area contributed by atoms with Crippen molar-refractivity contribution in [2.45, 2.75) is 26.9 Å². The van der Waals surface area contributed by atoms with E-state index in [9.17, 15) is 4.79 Å². The standard InChI is InChI=1S/C20H17N3O4S/c1-3-15-12(2)10-16(28-15)20-23-22-18(27-20)11-25-19(24)9-8-17-21-13-6-4-5-7-14(13)26-17/h4-10H,3,11H2,1-2H3/b9-8+. The van der Waals surface area contributed by atoms with Gasteiger partial charge in [-0.3, -0.25) is 0 Å². The number of nitrogens with zero attached hydrogens (tertiary/aromatic N) is 3. The van der Waals surface area contributed by atoms with Crippen LogP contribution in [0.25, 0.3) is 27.9 Å². The number of hydrogen-bond acceptors (Lipinski definition) is 8. The summed E-state index contributed by atoms with van der Waals surface area (Å²) in [5.74, 6) is 0.448. The number of esters is 1. The van der Waals surface area contributed by atoms with E-state index in [4.69, 9.17) is 13.6 Å². The van der Waals surface area contributed by atoms with E-state index < -0.39 is 5.97 Å². The minimum atomic E-state index is -0.553. The molecule has 4 aromatic rings. The van der Waals surface area contributed by atoms with Gasteiger partial charge in [0.25, 0.3) is 11.8 Å². The van der Waals surface area contributed by atoms with Crippen molar-refractivity contribution in [1.29, 1.82) is 0 Å². The molecule has 0 amide bonds. The number of thiophene rings is 1. The van der Waals surface area contributed by atoms with Crippen molar-refractivity contribution in [3.05, 3.63) is 58.6 Å². The van der Waals surface area contributed by atoms with Crippen LogP contribution in [0.1, 0.15) is 29.1 Å². The highest BCUT2D eigenvalue weighted by molar-refractivity contribution is 7.15. The van der Waals surface area contributed by atoms with E-state index in [1.807, 2.05) is 30.3 Å². The van der Waals surface area contributed by atoms with Crippen molar-refractivity contribution in [2.75, 3.05) is 0 Å². The number of carbonyl (C=O) groups excluding carboxylic acids is 1. The van der Waals surface area contributed by atoms with Crippen molar-refractivity contribution < 1.29 is 18.4 Å². The molecule has 142 valence electrons. The minimum absolute atomic E-state index is 0.102. The molecule has 7 nitrogen and oxygen atoms in total. The molecule has 28 heavy (non-hydrogen) atoms. The molecule has 0 N–H and O–H groups in total. The molecule has 0 bridgehead atoms. The third-order valence-corrected chi connectivity index (χ3v) is 5.40. The Morgan fingerprint density at radius 1 is 1.25 bits per heavy atom. The molecule has 0 saturated carbocycles. The third-order valence-electron chi connectivity index (χ3n) is 4.03. The first-order valence-corrected chi connectivity index (χ1v) is 9.56. The molecule has 4 rings (SSSR count). The van der Waals surface area contributed by atoms with Crippen LogP contribution in [-0.2, 0) is 22.6 Å². The number of aryl methyl sites for hydroxylation is 2. The molecule has 0 aliphatic heterocycles. The lowest BCUT2D eigenvalue weighted by atomic mass is 10.2. The maximum atomic E-state index is 11.9. The van der Waals surface area contributed by atoms with E-state index >= 15 is 0 Å². The van der Waals surface area contributed by atoms with Gasteiger partial charge in [0.05, 0.1) is 4.88 Å². The van der Waals surface area contributed by atoms with Crippen molar-refractivity contribution in [3.63, 3.8) is 0 Å². The van der Waals surface area contributed by atoms with Crippen molar-refractivity contribution >= 4 is 34.5 Å². The molecule has 8 heteroatoms. The van der Waals surface area contributed by atoms with Gasteiger partial charge in [0.15, 0.2) is 12.2 Å². The minimum Gasteiger partial charge on any atom is -0.452 e. The average Bonchev–Trinajstić information content (AvgIpc) is 3.41. The Bertz CT molecular complexity index is 1120. The van der Waals surface area contributed by atoms with Crippen LogP contribution in [0, 0.1) is 6.92 Å². The molecule has 0 fully saturated rings. The Labute approximate surface area is 164 Å². The highest BCUT2D eigenvalue weighted by Gasteiger charge is 2.14. The molecular formula is C20H17N3O4S. The summed E-state index contributed by atoms with van der Waals surface area (Å²) in [6, 6.07) is 9.39. The van der Waals surface area contributed by atoms with E-state index in [1.54, 1.807) is 11.3 Å². The first-order valence-electron chi connectivity index (χ1n) is 8.75. The lowest BCUT2D eigenvalue weighted by molar-refractivity contribution is -0.139. The number of hydrogen-bond donors (Lipinski definition) is 0. The Balaban J connectivity index is 1.36. The number of carbonyl (C=O) groups is 1. The number of rotatable bonds is 6. The maximum absolute atomic E-state index is 11.9. The monoisotopic (exact) mass is 395 g/mol. The molecule has 1 aromatic carbocycles. The number of fused-ring (bicyclic) bond motifs is 1. The van der Waals surface area contributed by atoms with Crippen LogP contribution in [0.4, 0.5) is 0 Å². The molecule has 3 heterocycles. The van der Waals surface area contributed by atoms with E-state index in [2.05, 4.69) is 29.0 Å². The third kappa shape index (κ3) is 3.86. The quantitative estimate of drug-likeness (QED) is 0.349. The van der Waals surface area contributed by atoms with Gasteiger partial charge < -0.3 is 13.6 Å². The molecule has 0 atom stereocenters. The van der Waals surface area contributed by atoms with Crippen LogP contribution in [0.5, 0.6) is 0 Å². The number of para-hydroxylation sites is 2. The second-order valence-electron chi connectivity index (χ2n) is 6.03. The molecule has 0 spiro atoms. The second-order valence-corrected chi connectivity index (χ2v) is 7.17. The second kappa shape index (κ2) is 7.77. The first kappa shape index (κ1) is 18.1. The number of oxazole rings is 1. The van der Waals surface area contributed by atoms with Crippen molar-refractivity contribution in [2.24, 2.45) is 0 Å². The topological polar surface area (TPSA) is 91.2 Å². The Morgan fingerprint density at radius 2 is 2.11 bits per heavy atom. The smallest absolute Gasteiger partial charge is 0.331 e. The zero-order valence-corrected chi connectivity index (χ0v) is 16.2. The van der Waals surface area contributed by atoms with Gasteiger partial charge in [-0.25, -0.2) is 9.78 Å². The highest BCUT2D eigenvalue weighted by atomic mass is 32.1. The van der Waals surface area contributed by atoms with E-state index in [0.717, 1.165) is 16.8 Å². The molecular weight excluding hydrogens is 378 g/mol. The molecule has 0 aliphatic carbocycles. The van der Waals surface area contributed by atoms with Crippen LogP contribution in [0.2, 0.25) is 0 Å². The molecule has 0 radical (unpaired) electrons. The first-order chi connectivity index (χ1) is 13.6. The maximum Gasteiger partial charge on any atom is 0.331 e. The highest BCUT2D eigenvalue weighted by Crippen LogP contribution is 2.30. The molecule has 0 saturated heterocycles. The fourth-order valence-corrected chi connectivity index (χ4v) is 3.70. The fourth-order valence-electron chi connectivity index (χ4n) is 2.67. The summed E-state index contributed by atoms with van der Waals surface area (Å²) >= 11 is 1.63. The van der Waals surface area contributed by atoms with Crippen LogP contribution < -0.4 is 0 Å². The molecule has 0 aliphatic rings. The van der Waals surface area contributed by atoms with Gasteiger partial charge in [-0.05, 0) is 37.1 Å². The lowest BCUT2D eigenvalue weighted by Gasteiger charge is -1.96. The zero-order chi connectivity index (χ0) is 19.5. The average molecular weight is 395 g/mol. The fraction of sp³-hybridized carbons (Fsp3) is 0.200. The van der Waals surface area contributed by atoms with Gasteiger partial charge in [-0.1, -0.05) is 19.1 Å². The Kier molecular flexibility index (Phi) is 5.03. The van der Waals surface area contributed by atoms with E-state index in [-0.39, 0.29) is 12.5 Å². The van der Waals surface area contributed by atoms with Gasteiger partial charge in [-0.15, -0.1) is 21.5 Å². The summed E-state index contributed by atoms with van der Waals surface area (Å²) in [4.78, 5) is 18.4. The number of aromatic nitrogens is 3. The van der Waals surface area contributed by atoms with Crippen molar-refractivity contribution in [1.82, 2.24) is 15.2 Å². The van der Waals surface area contributed by atoms with E-state index in [0.29, 0.717) is 17.4 Å². The largest absolute Gasteiger partial charge is 0.452 e. The van der Waals surface area contributed by atoms with Crippen LogP contribution in [0.3, 0.4) is 0 Å². The van der Waals surface area contributed by atoms with Gasteiger partial charge in [0.2, 0.25) is 5.89 Å². The number of ether oxygens (including phenoxy) is 1. The zero-order valence-electron chi connectivity index (χ0n) is 15.3. The summed E-state index contributed by atoms with van der Waals surface area (Å²) in [5, 5.41) is 7.96.